The highest BCUT2D eigenvalue weighted by molar-refractivity contribution is 6.38. The maximum Gasteiger partial charge on any atom is 0.159 e. The molecule has 0 aliphatic carbocycles. The second kappa shape index (κ2) is 3.66. The van der Waals surface area contributed by atoms with Crippen molar-refractivity contribution < 1.29 is 0 Å². The molecule has 0 aliphatic rings. The summed E-state index contributed by atoms with van der Waals surface area (Å²) < 4.78 is 0. The molecule has 1 aromatic heterocycles. The molecule has 0 spiro atoms. The quantitative estimate of drug-likeness (QED) is 0.558. The molecule has 0 unspecified atom stereocenters. The zero-order valence-corrected chi connectivity index (χ0v) is 7.51. The van der Waals surface area contributed by atoms with Crippen LogP contribution in [-0.4, -0.2) is 25.7 Å². The summed E-state index contributed by atoms with van der Waals surface area (Å²) in [4.78, 5) is 8.22. The molecule has 0 atom stereocenters. The molecule has 0 bridgehead atoms. The Hall–Kier alpha value is -1.57. The summed E-state index contributed by atoms with van der Waals surface area (Å²) in [6, 6.07) is 7.06. The van der Waals surface area contributed by atoms with Gasteiger partial charge >= 0.3 is 0 Å². The first kappa shape index (κ1) is 9.00. The molecule has 0 fully saturated rings. The van der Waals surface area contributed by atoms with Crippen LogP contribution in [0.25, 0.3) is 11.4 Å². The highest BCUT2D eigenvalue weighted by Gasteiger charge is 2.00. The number of hydrogen-bond donors (Lipinski definition) is 0. The third-order valence-electron chi connectivity index (χ3n) is 1.80. The van der Waals surface area contributed by atoms with Crippen molar-refractivity contribution in [2.24, 2.45) is 0 Å². The van der Waals surface area contributed by atoms with Gasteiger partial charge in [-0.05, 0) is 6.07 Å². The van der Waals surface area contributed by atoms with Gasteiger partial charge in [-0.15, -0.1) is 0 Å². The molecule has 4 radical (unpaired) electrons. The minimum absolute atomic E-state index is 0.618. The summed E-state index contributed by atoms with van der Waals surface area (Å²) in [5.74, 6) is 0.631. The number of rotatable bonds is 1. The van der Waals surface area contributed by atoms with E-state index < -0.39 is 0 Å². The van der Waals surface area contributed by atoms with Gasteiger partial charge in [-0.1, -0.05) is 29.1 Å². The van der Waals surface area contributed by atoms with Gasteiger partial charge < -0.3 is 0 Å². The van der Waals surface area contributed by atoms with Crippen molar-refractivity contribution in [1.82, 2.24) is 9.97 Å². The summed E-state index contributed by atoms with van der Waals surface area (Å²) in [5, 5.41) is 0. The first-order chi connectivity index (χ1) is 6.75. The summed E-state index contributed by atoms with van der Waals surface area (Å²) in [6.45, 7) is 0. The van der Waals surface area contributed by atoms with Gasteiger partial charge in [-0.25, -0.2) is 9.97 Å². The van der Waals surface area contributed by atoms with Gasteiger partial charge in [0.25, 0.3) is 0 Å². The lowest BCUT2D eigenvalue weighted by atomic mass is 9.85. The molecular formula is C10H6B2N2. The van der Waals surface area contributed by atoms with Crippen LogP contribution in [0.1, 0.15) is 0 Å². The zero-order valence-electron chi connectivity index (χ0n) is 7.51. The highest BCUT2D eigenvalue weighted by atomic mass is 14.8. The van der Waals surface area contributed by atoms with Crippen molar-refractivity contribution in [2.75, 3.05) is 0 Å². The second-order valence-corrected chi connectivity index (χ2v) is 2.96. The molecule has 0 saturated heterocycles. The lowest BCUT2D eigenvalue weighted by Crippen LogP contribution is -2.13. The normalized spacial score (nSPS) is 10.0. The molecule has 2 nitrogen and oxygen atoms in total. The standard InChI is InChI=1S/C10H6B2N2/c11-8-4-7(5-9(12)6-8)10-13-2-1-3-14-10/h1-6H. The molecule has 0 saturated carbocycles. The lowest BCUT2D eigenvalue weighted by Gasteiger charge is -2.03. The van der Waals surface area contributed by atoms with Gasteiger partial charge in [-0.2, -0.15) is 0 Å². The Morgan fingerprint density at radius 3 is 2.00 bits per heavy atom. The Morgan fingerprint density at radius 2 is 1.43 bits per heavy atom. The Kier molecular flexibility index (Phi) is 2.35. The Morgan fingerprint density at radius 1 is 0.857 bits per heavy atom. The number of benzene rings is 1. The van der Waals surface area contributed by atoms with Crippen LogP contribution in [0.4, 0.5) is 0 Å². The molecule has 0 amide bonds. The number of hydrogen-bond acceptors (Lipinski definition) is 2. The highest BCUT2D eigenvalue weighted by Crippen LogP contribution is 2.09. The fraction of sp³-hybridized carbons (Fsp3) is 0. The van der Waals surface area contributed by atoms with E-state index in [0.29, 0.717) is 16.8 Å². The largest absolute Gasteiger partial charge is 0.237 e. The van der Waals surface area contributed by atoms with Crippen LogP contribution < -0.4 is 10.9 Å². The predicted octanol–water partition coefficient (Wildman–Crippen LogP) is -0.269. The molecule has 0 aliphatic heterocycles. The minimum atomic E-state index is 0.618. The first-order valence-electron chi connectivity index (χ1n) is 4.19. The van der Waals surface area contributed by atoms with Crippen molar-refractivity contribution in [3.8, 4) is 11.4 Å². The van der Waals surface area contributed by atoms with Crippen molar-refractivity contribution in [3.05, 3.63) is 36.7 Å². The second-order valence-electron chi connectivity index (χ2n) is 2.96. The summed E-state index contributed by atoms with van der Waals surface area (Å²) in [6.07, 6.45) is 3.36. The monoisotopic (exact) mass is 176 g/mol. The van der Waals surface area contributed by atoms with Crippen molar-refractivity contribution in [2.45, 2.75) is 0 Å². The average molecular weight is 176 g/mol. The maximum atomic E-state index is 5.66. The molecule has 2 rings (SSSR count). The molecule has 14 heavy (non-hydrogen) atoms. The van der Waals surface area contributed by atoms with E-state index in [0.717, 1.165) is 5.56 Å². The van der Waals surface area contributed by atoms with Crippen LogP contribution in [0.15, 0.2) is 36.7 Å². The van der Waals surface area contributed by atoms with E-state index in [4.69, 9.17) is 15.7 Å². The Balaban J connectivity index is 2.52. The third-order valence-corrected chi connectivity index (χ3v) is 1.80. The molecule has 62 valence electrons. The Labute approximate surface area is 85.2 Å². The fourth-order valence-electron chi connectivity index (χ4n) is 1.25. The van der Waals surface area contributed by atoms with Gasteiger partial charge in [0.1, 0.15) is 15.7 Å². The van der Waals surface area contributed by atoms with Gasteiger partial charge in [0.05, 0.1) is 0 Å². The number of aromatic nitrogens is 2. The molecule has 1 heterocycles. The van der Waals surface area contributed by atoms with E-state index in [1.54, 1.807) is 36.7 Å². The first-order valence-corrected chi connectivity index (χ1v) is 4.19. The number of nitrogens with zero attached hydrogens (tertiary/aromatic N) is 2. The van der Waals surface area contributed by atoms with Gasteiger partial charge in [0, 0.05) is 18.0 Å². The molecule has 1 aromatic carbocycles. The summed E-state index contributed by atoms with van der Waals surface area (Å²) in [5.41, 5.74) is 2.07. The van der Waals surface area contributed by atoms with Gasteiger partial charge in [0.15, 0.2) is 5.82 Å². The van der Waals surface area contributed by atoms with E-state index in [1.165, 1.54) is 0 Å². The van der Waals surface area contributed by atoms with Crippen LogP contribution in [0, 0.1) is 0 Å². The summed E-state index contributed by atoms with van der Waals surface area (Å²) >= 11 is 0. The van der Waals surface area contributed by atoms with E-state index in [1.807, 2.05) is 0 Å². The average Bonchev–Trinajstić information content (AvgIpc) is 2.18. The van der Waals surface area contributed by atoms with E-state index in [9.17, 15) is 0 Å². The fourth-order valence-corrected chi connectivity index (χ4v) is 1.25. The third kappa shape index (κ3) is 1.84. The molecular weight excluding hydrogens is 170 g/mol. The van der Waals surface area contributed by atoms with E-state index >= 15 is 0 Å². The maximum absolute atomic E-state index is 5.66. The minimum Gasteiger partial charge on any atom is -0.237 e. The van der Waals surface area contributed by atoms with Crippen LogP contribution in [0.2, 0.25) is 0 Å². The van der Waals surface area contributed by atoms with E-state index in [2.05, 4.69) is 9.97 Å². The molecule has 2 aromatic rings. The lowest BCUT2D eigenvalue weighted by molar-refractivity contribution is 1.18. The van der Waals surface area contributed by atoms with Crippen molar-refractivity contribution in [1.29, 1.82) is 0 Å². The van der Waals surface area contributed by atoms with Crippen LogP contribution in [0.3, 0.4) is 0 Å². The predicted molar refractivity (Wildman–Crippen MR) is 58.2 cm³/mol. The van der Waals surface area contributed by atoms with Crippen LogP contribution in [-0.2, 0) is 0 Å². The summed E-state index contributed by atoms with van der Waals surface area (Å²) in [7, 11) is 11.3. The SMILES string of the molecule is [B]c1cc([B])cc(-c2ncccn2)c1. The van der Waals surface area contributed by atoms with E-state index in [-0.39, 0.29) is 0 Å². The molecule has 4 heteroatoms. The van der Waals surface area contributed by atoms with Crippen LogP contribution in [0.5, 0.6) is 0 Å². The zero-order chi connectivity index (χ0) is 9.97. The molecule has 0 N–H and O–H groups in total. The van der Waals surface area contributed by atoms with Crippen molar-refractivity contribution >= 4 is 26.6 Å². The van der Waals surface area contributed by atoms with Gasteiger partial charge in [-0.3, -0.25) is 0 Å². The van der Waals surface area contributed by atoms with Crippen LogP contribution >= 0.6 is 0 Å². The smallest absolute Gasteiger partial charge is 0.159 e. The van der Waals surface area contributed by atoms with Gasteiger partial charge in [0.2, 0.25) is 0 Å². The topological polar surface area (TPSA) is 25.8 Å². The van der Waals surface area contributed by atoms with Crippen molar-refractivity contribution in [3.63, 3.8) is 0 Å². The Bertz CT molecular complexity index is 423.